The Hall–Kier alpha value is -0.0500. The summed E-state index contributed by atoms with van der Waals surface area (Å²) in [5, 5.41) is 37.1. The van der Waals surface area contributed by atoms with Gasteiger partial charge in [-0.1, -0.05) is 0 Å². The zero-order valence-corrected chi connectivity index (χ0v) is 9.14. The highest BCUT2D eigenvalue weighted by molar-refractivity contribution is 7.46. The Kier molecular flexibility index (Phi) is 4.44. The highest BCUT2D eigenvalue weighted by Crippen LogP contribution is 2.42. The number of rotatable bonds is 3. The molecular formula is C7H15O8P. The molecule has 0 aromatic heterocycles. The van der Waals surface area contributed by atoms with Crippen LogP contribution in [0.15, 0.2) is 0 Å². The Morgan fingerprint density at radius 1 is 1.12 bits per heavy atom. The Balaban J connectivity index is 2.75. The number of aliphatic hydroxyl groups excluding tert-OH is 4. The molecule has 1 fully saturated rings. The molecule has 0 saturated heterocycles. The van der Waals surface area contributed by atoms with E-state index in [0.717, 1.165) is 0 Å². The summed E-state index contributed by atoms with van der Waals surface area (Å²) in [6, 6.07) is 0. The molecule has 8 nitrogen and oxygen atoms in total. The van der Waals surface area contributed by atoms with Crippen molar-refractivity contribution in [1.82, 2.24) is 0 Å². The van der Waals surface area contributed by atoms with Gasteiger partial charge in [0.1, 0.15) is 12.2 Å². The van der Waals surface area contributed by atoms with Crippen molar-refractivity contribution in [2.45, 2.75) is 30.8 Å². The molecule has 16 heavy (non-hydrogen) atoms. The fraction of sp³-hybridized carbons (Fsp3) is 1.00. The number of phosphoric ester groups is 1. The lowest BCUT2D eigenvalue weighted by atomic mass is 9.81. The van der Waals surface area contributed by atoms with Crippen LogP contribution in [0.2, 0.25) is 0 Å². The first-order chi connectivity index (χ1) is 7.26. The molecular weight excluding hydrogens is 243 g/mol. The Morgan fingerprint density at radius 3 is 2.12 bits per heavy atom. The Bertz CT molecular complexity index is 276. The van der Waals surface area contributed by atoms with Gasteiger partial charge < -0.3 is 30.2 Å². The van der Waals surface area contributed by atoms with E-state index in [1.807, 2.05) is 0 Å². The van der Waals surface area contributed by atoms with E-state index in [4.69, 9.17) is 14.9 Å². The van der Waals surface area contributed by atoms with Gasteiger partial charge in [-0.15, -0.1) is 0 Å². The smallest absolute Gasteiger partial charge is 0.396 e. The van der Waals surface area contributed by atoms with E-state index in [0.29, 0.717) is 0 Å². The normalized spacial score (nSPS) is 41.0. The van der Waals surface area contributed by atoms with Crippen LogP contribution in [0.3, 0.4) is 0 Å². The van der Waals surface area contributed by atoms with Gasteiger partial charge in [0.15, 0.2) is 0 Å². The van der Waals surface area contributed by atoms with Crippen molar-refractivity contribution in [3.8, 4) is 0 Å². The first-order valence-electron chi connectivity index (χ1n) is 4.65. The predicted molar refractivity (Wildman–Crippen MR) is 50.1 cm³/mol. The van der Waals surface area contributed by atoms with Crippen molar-refractivity contribution in [3.05, 3.63) is 0 Å². The average Bonchev–Trinajstić information content (AvgIpc) is 2.17. The molecule has 0 heterocycles. The largest absolute Gasteiger partial charge is 0.469 e. The molecule has 0 spiro atoms. The lowest BCUT2D eigenvalue weighted by Gasteiger charge is -2.39. The van der Waals surface area contributed by atoms with Crippen LogP contribution >= 0.6 is 7.82 Å². The van der Waals surface area contributed by atoms with Gasteiger partial charge in [0.05, 0.1) is 12.2 Å². The lowest BCUT2D eigenvalue weighted by molar-refractivity contribution is -0.160. The van der Waals surface area contributed by atoms with Gasteiger partial charge in [-0.2, -0.15) is 0 Å². The van der Waals surface area contributed by atoms with Gasteiger partial charge in [-0.05, 0) is 6.42 Å². The summed E-state index contributed by atoms with van der Waals surface area (Å²) >= 11 is 0. The van der Waals surface area contributed by atoms with Crippen molar-refractivity contribution < 1.29 is 39.3 Å². The van der Waals surface area contributed by atoms with Crippen molar-refractivity contribution in [1.29, 1.82) is 0 Å². The standard InChI is InChI=1S/C7H15O8P/c8-2-3-1-4(15-16(12,13)14)6(10)7(11)5(3)9/h3-11H,1-2H2,(H2,12,13,14)/t3-,4+,5-,6+,7+/m1/s1. The highest BCUT2D eigenvalue weighted by Gasteiger charge is 2.45. The van der Waals surface area contributed by atoms with Crippen LogP contribution in [-0.4, -0.2) is 61.2 Å². The number of aliphatic hydroxyl groups is 4. The van der Waals surface area contributed by atoms with E-state index in [9.17, 15) is 19.9 Å². The van der Waals surface area contributed by atoms with E-state index in [2.05, 4.69) is 4.52 Å². The van der Waals surface area contributed by atoms with Crippen molar-refractivity contribution in [2.75, 3.05) is 6.61 Å². The quantitative estimate of drug-likeness (QED) is 0.306. The van der Waals surface area contributed by atoms with E-state index >= 15 is 0 Å². The van der Waals surface area contributed by atoms with E-state index in [1.165, 1.54) is 0 Å². The van der Waals surface area contributed by atoms with E-state index in [1.54, 1.807) is 0 Å². The zero-order valence-electron chi connectivity index (χ0n) is 8.25. The molecule has 6 N–H and O–H groups in total. The molecule has 1 saturated carbocycles. The Morgan fingerprint density at radius 2 is 1.69 bits per heavy atom. The first kappa shape index (κ1) is 14.0. The molecule has 0 radical (unpaired) electrons. The fourth-order valence-electron chi connectivity index (χ4n) is 1.74. The second kappa shape index (κ2) is 5.07. The SMILES string of the molecule is O=P(O)(O)O[C@H]1C[C@H](CO)[C@@H](O)[C@H](O)[C@H]1O. The van der Waals surface area contributed by atoms with Crippen LogP contribution in [0, 0.1) is 5.92 Å². The summed E-state index contributed by atoms with van der Waals surface area (Å²) in [7, 11) is -4.79. The van der Waals surface area contributed by atoms with E-state index in [-0.39, 0.29) is 6.42 Å². The molecule has 0 bridgehead atoms. The molecule has 5 atom stereocenters. The van der Waals surface area contributed by atoms with Gasteiger partial charge >= 0.3 is 7.82 Å². The van der Waals surface area contributed by atoms with Crippen molar-refractivity contribution >= 4 is 7.82 Å². The van der Waals surface area contributed by atoms with Crippen LogP contribution in [0.1, 0.15) is 6.42 Å². The third-order valence-corrected chi connectivity index (χ3v) is 3.15. The number of hydrogen-bond donors (Lipinski definition) is 6. The van der Waals surface area contributed by atoms with Gasteiger partial charge in [0, 0.05) is 12.5 Å². The predicted octanol–water partition coefficient (Wildman–Crippen LogP) is -2.44. The molecule has 0 unspecified atom stereocenters. The average molecular weight is 258 g/mol. The van der Waals surface area contributed by atoms with Crippen LogP contribution in [0.25, 0.3) is 0 Å². The lowest BCUT2D eigenvalue weighted by Crippen LogP contribution is -2.54. The maximum Gasteiger partial charge on any atom is 0.469 e. The molecule has 1 rings (SSSR count). The summed E-state index contributed by atoms with van der Waals surface area (Å²) in [6.07, 6.45) is -6.04. The van der Waals surface area contributed by atoms with Crippen LogP contribution in [0.5, 0.6) is 0 Å². The van der Waals surface area contributed by atoms with E-state index < -0.39 is 44.8 Å². The molecule has 0 amide bonds. The summed E-state index contributed by atoms with van der Waals surface area (Å²) in [4.78, 5) is 17.1. The maximum atomic E-state index is 10.6. The van der Waals surface area contributed by atoms with Gasteiger partial charge in [0.2, 0.25) is 0 Å². The third-order valence-electron chi connectivity index (χ3n) is 2.61. The summed E-state index contributed by atoms with van der Waals surface area (Å²) < 4.78 is 14.9. The first-order valence-corrected chi connectivity index (χ1v) is 6.18. The topological polar surface area (TPSA) is 148 Å². The minimum Gasteiger partial charge on any atom is -0.396 e. The molecule has 96 valence electrons. The van der Waals surface area contributed by atoms with Gasteiger partial charge in [-0.25, -0.2) is 4.57 Å². The number of hydrogen-bond acceptors (Lipinski definition) is 6. The zero-order chi connectivity index (χ0) is 12.5. The van der Waals surface area contributed by atoms with Crippen LogP contribution in [0.4, 0.5) is 0 Å². The molecule has 1 aliphatic rings. The second-order valence-electron chi connectivity index (χ2n) is 3.78. The highest BCUT2D eigenvalue weighted by atomic mass is 31.2. The van der Waals surface area contributed by atoms with Crippen molar-refractivity contribution in [3.63, 3.8) is 0 Å². The molecule has 0 aromatic carbocycles. The molecule has 0 aromatic rings. The summed E-state index contributed by atoms with van der Waals surface area (Å²) in [6.45, 7) is -0.480. The second-order valence-corrected chi connectivity index (χ2v) is 4.98. The third kappa shape index (κ3) is 3.22. The van der Waals surface area contributed by atoms with Crippen LogP contribution in [-0.2, 0) is 9.09 Å². The monoisotopic (exact) mass is 258 g/mol. The maximum absolute atomic E-state index is 10.6. The number of phosphoric acid groups is 1. The molecule has 1 aliphatic carbocycles. The molecule has 9 heteroatoms. The minimum absolute atomic E-state index is 0.152. The fourth-order valence-corrected chi connectivity index (χ4v) is 2.31. The molecule has 0 aliphatic heterocycles. The van der Waals surface area contributed by atoms with Crippen LogP contribution < -0.4 is 0 Å². The Labute approximate surface area is 91.4 Å². The van der Waals surface area contributed by atoms with Gasteiger partial charge in [0.25, 0.3) is 0 Å². The summed E-state index contributed by atoms with van der Waals surface area (Å²) in [5.74, 6) is -0.796. The summed E-state index contributed by atoms with van der Waals surface area (Å²) in [5.41, 5.74) is 0. The van der Waals surface area contributed by atoms with Crippen molar-refractivity contribution in [2.24, 2.45) is 5.92 Å². The van der Waals surface area contributed by atoms with Gasteiger partial charge in [-0.3, -0.25) is 4.52 Å². The minimum atomic E-state index is -4.79.